The average Bonchev–Trinajstić information content (AvgIpc) is 3.04. The van der Waals surface area contributed by atoms with Crippen molar-refractivity contribution in [3.63, 3.8) is 0 Å². The van der Waals surface area contributed by atoms with Crippen molar-refractivity contribution in [1.82, 2.24) is 4.31 Å². The molecule has 2 fully saturated rings. The van der Waals surface area contributed by atoms with Gasteiger partial charge in [-0.05, 0) is 37.5 Å². The molecule has 2 aliphatic rings. The largest absolute Gasteiger partial charge is 0.349 e. The molecule has 1 atom stereocenters. The summed E-state index contributed by atoms with van der Waals surface area (Å²) in [6.07, 6.45) is 2.12. The zero-order chi connectivity index (χ0) is 15.7. The fraction of sp³-hybridized carbons (Fsp3) is 0.600. The molecule has 122 valence electrons. The summed E-state index contributed by atoms with van der Waals surface area (Å²) in [6, 6.07) is 4.69. The normalized spacial score (nSPS) is 24.7. The predicted octanol–water partition coefficient (Wildman–Crippen LogP) is 2.56. The zero-order valence-corrected chi connectivity index (χ0v) is 14.1. The van der Waals surface area contributed by atoms with Crippen LogP contribution < -0.4 is 0 Å². The number of benzene rings is 1. The molecule has 1 aromatic carbocycles. The zero-order valence-electron chi connectivity index (χ0n) is 12.5. The van der Waals surface area contributed by atoms with Crippen LogP contribution in [0.5, 0.6) is 0 Å². The van der Waals surface area contributed by atoms with Crippen molar-refractivity contribution >= 4 is 21.6 Å². The Morgan fingerprint density at radius 1 is 1.23 bits per heavy atom. The van der Waals surface area contributed by atoms with Crippen molar-refractivity contribution in [2.75, 3.05) is 19.8 Å². The van der Waals surface area contributed by atoms with Crippen molar-refractivity contribution in [3.05, 3.63) is 28.8 Å². The minimum Gasteiger partial charge on any atom is -0.349 e. The topological polar surface area (TPSA) is 55.8 Å². The first-order valence-corrected chi connectivity index (χ1v) is 9.33. The van der Waals surface area contributed by atoms with Crippen LogP contribution in [0.4, 0.5) is 0 Å². The number of aryl methyl sites for hydroxylation is 1. The average molecular weight is 346 g/mol. The highest BCUT2D eigenvalue weighted by Crippen LogP contribution is 2.31. The monoisotopic (exact) mass is 345 g/mol. The summed E-state index contributed by atoms with van der Waals surface area (Å²) < 4.78 is 38.8. The number of rotatable bonds is 3. The van der Waals surface area contributed by atoms with Gasteiger partial charge >= 0.3 is 0 Å². The van der Waals surface area contributed by atoms with E-state index in [2.05, 4.69) is 0 Å². The molecule has 2 aliphatic heterocycles. The number of hydrogen-bond acceptors (Lipinski definition) is 4. The van der Waals surface area contributed by atoms with Gasteiger partial charge in [-0.1, -0.05) is 24.1 Å². The van der Waals surface area contributed by atoms with E-state index >= 15 is 0 Å². The Kier molecular flexibility index (Phi) is 4.75. The van der Waals surface area contributed by atoms with Gasteiger partial charge in [0.2, 0.25) is 10.0 Å². The smallest absolute Gasteiger partial charge is 0.243 e. The molecule has 0 saturated carbocycles. The molecule has 1 aromatic rings. The van der Waals surface area contributed by atoms with Crippen molar-refractivity contribution in [2.24, 2.45) is 0 Å². The van der Waals surface area contributed by atoms with Crippen LogP contribution in [-0.2, 0) is 19.5 Å². The second-order valence-corrected chi connectivity index (χ2v) is 7.99. The Hall–Kier alpha value is -0.660. The molecule has 2 heterocycles. The van der Waals surface area contributed by atoms with Crippen LogP contribution >= 0.6 is 11.6 Å². The lowest BCUT2D eigenvalue weighted by Crippen LogP contribution is -2.50. The van der Waals surface area contributed by atoms with Gasteiger partial charge in [0.15, 0.2) is 6.29 Å². The van der Waals surface area contributed by atoms with Crippen molar-refractivity contribution in [1.29, 1.82) is 0 Å². The quantitative estimate of drug-likeness (QED) is 0.844. The summed E-state index contributed by atoms with van der Waals surface area (Å²) in [7, 11) is -3.61. The predicted molar refractivity (Wildman–Crippen MR) is 83.4 cm³/mol. The summed E-state index contributed by atoms with van der Waals surface area (Å²) in [5.41, 5.74) is 0.696. The molecular formula is C15H20ClNO4S. The van der Waals surface area contributed by atoms with Gasteiger partial charge < -0.3 is 9.47 Å². The molecule has 3 rings (SSSR count). The van der Waals surface area contributed by atoms with Gasteiger partial charge in [-0.25, -0.2) is 8.42 Å². The van der Waals surface area contributed by atoms with Gasteiger partial charge in [-0.2, -0.15) is 4.31 Å². The SMILES string of the molecule is Cc1ccc(Cl)cc1S(=O)(=O)N1CCCCC1C1OCCO1. The van der Waals surface area contributed by atoms with Crippen molar-refractivity contribution < 1.29 is 17.9 Å². The second-order valence-electron chi connectivity index (χ2n) is 5.70. The maximum Gasteiger partial charge on any atom is 0.243 e. The molecule has 0 spiro atoms. The van der Waals surface area contributed by atoms with E-state index in [0.29, 0.717) is 30.3 Å². The van der Waals surface area contributed by atoms with Crippen LogP contribution in [0.1, 0.15) is 24.8 Å². The van der Waals surface area contributed by atoms with Crippen LogP contribution in [0, 0.1) is 6.92 Å². The molecule has 2 saturated heterocycles. The number of piperidine rings is 1. The highest BCUT2D eigenvalue weighted by atomic mass is 35.5. The van der Waals surface area contributed by atoms with E-state index in [-0.39, 0.29) is 10.9 Å². The molecule has 22 heavy (non-hydrogen) atoms. The summed E-state index contributed by atoms with van der Waals surface area (Å²) in [5, 5.41) is 0.422. The summed E-state index contributed by atoms with van der Waals surface area (Å²) in [5.74, 6) is 0. The van der Waals surface area contributed by atoms with Gasteiger partial charge in [0.25, 0.3) is 0 Å². The van der Waals surface area contributed by atoms with Gasteiger partial charge in [0.1, 0.15) is 0 Å². The Morgan fingerprint density at radius 3 is 2.68 bits per heavy atom. The third kappa shape index (κ3) is 3.03. The highest BCUT2D eigenvalue weighted by Gasteiger charge is 2.40. The maximum atomic E-state index is 13.1. The Balaban J connectivity index is 1.96. The Labute approximate surface area is 136 Å². The van der Waals surface area contributed by atoms with Crippen LogP contribution in [-0.4, -0.2) is 44.8 Å². The van der Waals surface area contributed by atoms with Crippen LogP contribution in [0.2, 0.25) is 5.02 Å². The van der Waals surface area contributed by atoms with E-state index in [0.717, 1.165) is 19.3 Å². The van der Waals surface area contributed by atoms with E-state index in [1.165, 1.54) is 10.4 Å². The molecule has 0 amide bonds. The number of hydrogen-bond donors (Lipinski definition) is 0. The van der Waals surface area contributed by atoms with E-state index in [1.807, 2.05) is 0 Å². The fourth-order valence-electron chi connectivity index (χ4n) is 3.08. The van der Waals surface area contributed by atoms with Gasteiger partial charge in [-0.3, -0.25) is 0 Å². The van der Waals surface area contributed by atoms with E-state index in [9.17, 15) is 8.42 Å². The second kappa shape index (κ2) is 6.45. The summed E-state index contributed by atoms with van der Waals surface area (Å²) in [4.78, 5) is 0.268. The molecule has 0 aromatic heterocycles. The molecule has 7 heteroatoms. The molecule has 0 radical (unpaired) electrons. The fourth-order valence-corrected chi connectivity index (χ4v) is 5.25. The van der Waals surface area contributed by atoms with E-state index < -0.39 is 16.3 Å². The maximum absolute atomic E-state index is 13.1. The standard InChI is InChI=1S/C15H20ClNO4S/c1-11-5-6-12(16)10-14(11)22(18,19)17-7-3-2-4-13(17)15-20-8-9-21-15/h5-6,10,13,15H,2-4,7-9H2,1H3. The molecule has 0 N–H and O–H groups in total. The minimum absolute atomic E-state index is 0.264. The molecule has 0 aliphatic carbocycles. The molecule has 0 bridgehead atoms. The number of ether oxygens (including phenoxy) is 2. The van der Waals surface area contributed by atoms with Crippen molar-refractivity contribution in [2.45, 2.75) is 43.4 Å². The van der Waals surface area contributed by atoms with Crippen molar-refractivity contribution in [3.8, 4) is 0 Å². The van der Waals surface area contributed by atoms with Gasteiger partial charge in [-0.15, -0.1) is 0 Å². The lowest BCUT2D eigenvalue weighted by molar-refractivity contribution is -0.0913. The van der Waals surface area contributed by atoms with Gasteiger partial charge in [0, 0.05) is 11.6 Å². The molecule has 5 nitrogen and oxygen atoms in total. The third-order valence-corrected chi connectivity index (χ3v) is 6.50. The lowest BCUT2D eigenvalue weighted by atomic mass is 10.0. The summed E-state index contributed by atoms with van der Waals surface area (Å²) >= 11 is 5.99. The number of nitrogens with zero attached hydrogens (tertiary/aromatic N) is 1. The van der Waals surface area contributed by atoms with E-state index in [4.69, 9.17) is 21.1 Å². The summed E-state index contributed by atoms with van der Waals surface area (Å²) in [6.45, 7) is 3.31. The van der Waals surface area contributed by atoms with Crippen LogP contribution in [0.3, 0.4) is 0 Å². The Morgan fingerprint density at radius 2 is 1.95 bits per heavy atom. The van der Waals surface area contributed by atoms with Crippen LogP contribution in [0.25, 0.3) is 0 Å². The number of sulfonamides is 1. The molecule has 1 unspecified atom stereocenters. The highest BCUT2D eigenvalue weighted by molar-refractivity contribution is 7.89. The molecular weight excluding hydrogens is 326 g/mol. The van der Waals surface area contributed by atoms with Gasteiger partial charge in [0.05, 0.1) is 24.2 Å². The first-order valence-electron chi connectivity index (χ1n) is 7.51. The first kappa shape index (κ1) is 16.2. The van der Waals surface area contributed by atoms with E-state index in [1.54, 1.807) is 19.1 Å². The first-order chi connectivity index (χ1) is 10.5. The lowest BCUT2D eigenvalue weighted by Gasteiger charge is -2.37. The number of halogens is 1. The van der Waals surface area contributed by atoms with Crippen LogP contribution in [0.15, 0.2) is 23.1 Å². The Bertz CT molecular complexity index is 643. The minimum atomic E-state index is -3.61. The third-order valence-electron chi connectivity index (χ3n) is 4.20.